The van der Waals surface area contributed by atoms with Crippen molar-refractivity contribution in [2.24, 2.45) is 5.41 Å². The van der Waals surface area contributed by atoms with Crippen molar-refractivity contribution in [3.8, 4) is 5.95 Å². The highest BCUT2D eigenvalue weighted by Gasteiger charge is 2.31. The van der Waals surface area contributed by atoms with Gasteiger partial charge in [-0.15, -0.1) is 0 Å². The Morgan fingerprint density at radius 1 is 1.19 bits per heavy atom. The lowest BCUT2D eigenvalue weighted by Crippen LogP contribution is -2.33. The molecule has 1 saturated carbocycles. The molecule has 0 unspecified atom stereocenters. The van der Waals surface area contributed by atoms with E-state index in [1.54, 1.807) is 17.1 Å². The maximum Gasteiger partial charge on any atom is 0.241 e. The van der Waals surface area contributed by atoms with Crippen molar-refractivity contribution in [2.45, 2.75) is 33.1 Å². The Kier molecular flexibility index (Phi) is 3.72. The number of aromatic nitrogens is 5. The van der Waals surface area contributed by atoms with Crippen molar-refractivity contribution in [2.75, 3.05) is 23.7 Å². The van der Waals surface area contributed by atoms with Gasteiger partial charge in [0, 0.05) is 25.5 Å². The molecule has 1 fully saturated rings. The Balaban J connectivity index is 1.81. The first-order valence-corrected chi connectivity index (χ1v) is 7.41. The van der Waals surface area contributed by atoms with Gasteiger partial charge in [0.15, 0.2) is 0 Å². The van der Waals surface area contributed by atoms with Crippen molar-refractivity contribution < 1.29 is 0 Å². The molecule has 0 atom stereocenters. The Morgan fingerprint density at radius 3 is 2.52 bits per heavy atom. The van der Waals surface area contributed by atoms with E-state index in [1.165, 1.54) is 19.3 Å². The average molecular weight is 287 g/mol. The molecule has 0 aliphatic heterocycles. The summed E-state index contributed by atoms with van der Waals surface area (Å²) in [6.45, 7) is 5.98. The summed E-state index contributed by atoms with van der Waals surface area (Å²) in [6.07, 6.45) is 9.06. The number of hydrogen-bond acceptors (Lipinski definition) is 6. The number of rotatable bonds is 6. The maximum absolute atomic E-state index is 4.47. The highest BCUT2D eigenvalue weighted by Crippen LogP contribution is 2.39. The van der Waals surface area contributed by atoms with E-state index in [2.05, 4.69) is 37.5 Å². The summed E-state index contributed by atoms with van der Waals surface area (Å²) in [4.78, 5) is 17.3. The summed E-state index contributed by atoms with van der Waals surface area (Å²) >= 11 is 0. The van der Waals surface area contributed by atoms with Gasteiger partial charge in [0.25, 0.3) is 0 Å². The first kappa shape index (κ1) is 13.8. The molecule has 1 aliphatic rings. The van der Waals surface area contributed by atoms with E-state index in [-0.39, 0.29) is 0 Å². The van der Waals surface area contributed by atoms with E-state index >= 15 is 0 Å². The third-order valence-corrected chi connectivity index (χ3v) is 3.93. The molecule has 21 heavy (non-hydrogen) atoms. The molecule has 0 radical (unpaired) electrons. The van der Waals surface area contributed by atoms with Crippen LogP contribution in [0.25, 0.3) is 5.95 Å². The summed E-state index contributed by atoms with van der Waals surface area (Å²) in [6, 6.07) is 0. The van der Waals surface area contributed by atoms with Crippen molar-refractivity contribution in [3.05, 3.63) is 18.7 Å². The average Bonchev–Trinajstić information content (AvgIpc) is 2.97. The summed E-state index contributed by atoms with van der Waals surface area (Å²) in [5, 5.41) is 6.49. The molecule has 0 spiro atoms. The van der Waals surface area contributed by atoms with Gasteiger partial charge in [0.2, 0.25) is 17.8 Å². The lowest BCUT2D eigenvalue weighted by Gasteiger charge is -2.38. The number of nitrogens with one attached hydrogen (secondary N) is 2. The van der Waals surface area contributed by atoms with Gasteiger partial charge in [0.1, 0.15) is 6.33 Å². The zero-order chi connectivity index (χ0) is 14.7. The second-order valence-corrected chi connectivity index (χ2v) is 5.80. The SMILES string of the molecule is CCNc1nc(NCC2(C)CCC2)nc(-n2ccnc2)n1. The van der Waals surface area contributed by atoms with E-state index in [0.717, 1.165) is 13.1 Å². The molecular weight excluding hydrogens is 266 g/mol. The Bertz CT molecular complexity index is 589. The second-order valence-electron chi connectivity index (χ2n) is 5.80. The molecule has 0 bridgehead atoms. The Labute approximate surface area is 124 Å². The Hall–Kier alpha value is -2.18. The molecule has 2 N–H and O–H groups in total. The van der Waals surface area contributed by atoms with Gasteiger partial charge in [-0.05, 0) is 25.2 Å². The van der Waals surface area contributed by atoms with Crippen LogP contribution < -0.4 is 10.6 Å². The van der Waals surface area contributed by atoms with Gasteiger partial charge in [-0.25, -0.2) is 4.98 Å². The number of nitrogens with zero attached hydrogens (tertiary/aromatic N) is 5. The predicted molar refractivity (Wildman–Crippen MR) is 81.6 cm³/mol. The number of anilines is 2. The zero-order valence-electron chi connectivity index (χ0n) is 12.5. The van der Waals surface area contributed by atoms with Crippen LogP contribution >= 0.6 is 0 Å². The first-order valence-electron chi connectivity index (χ1n) is 7.41. The summed E-state index contributed by atoms with van der Waals surface area (Å²) in [5.74, 6) is 1.76. The van der Waals surface area contributed by atoms with Gasteiger partial charge >= 0.3 is 0 Å². The van der Waals surface area contributed by atoms with Gasteiger partial charge in [0.05, 0.1) is 0 Å². The van der Waals surface area contributed by atoms with Crippen molar-refractivity contribution in [3.63, 3.8) is 0 Å². The van der Waals surface area contributed by atoms with Gasteiger partial charge in [-0.2, -0.15) is 15.0 Å². The molecule has 1 aliphatic carbocycles. The molecule has 0 amide bonds. The minimum absolute atomic E-state index is 0.375. The predicted octanol–water partition coefficient (Wildman–Crippen LogP) is 2.09. The standard InChI is InChI=1S/C14H21N7/c1-3-16-11-18-12(17-9-14(2)5-4-6-14)20-13(19-11)21-8-7-15-10-21/h7-8,10H,3-6,9H2,1-2H3,(H2,16,17,18,19,20). The lowest BCUT2D eigenvalue weighted by atomic mass is 9.70. The molecule has 7 nitrogen and oxygen atoms in total. The third kappa shape index (κ3) is 3.12. The van der Waals surface area contributed by atoms with E-state index < -0.39 is 0 Å². The van der Waals surface area contributed by atoms with Crippen LogP contribution in [0.5, 0.6) is 0 Å². The molecule has 0 aromatic carbocycles. The minimum atomic E-state index is 0.375. The van der Waals surface area contributed by atoms with E-state index in [4.69, 9.17) is 0 Å². The maximum atomic E-state index is 4.47. The van der Waals surface area contributed by atoms with Crippen LogP contribution in [0.4, 0.5) is 11.9 Å². The topological polar surface area (TPSA) is 80.5 Å². The quantitative estimate of drug-likeness (QED) is 0.847. The second kappa shape index (κ2) is 5.67. The fraction of sp³-hybridized carbons (Fsp3) is 0.571. The molecule has 2 heterocycles. The normalized spacial score (nSPS) is 16.3. The Morgan fingerprint density at radius 2 is 1.95 bits per heavy atom. The fourth-order valence-electron chi connectivity index (χ4n) is 2.42. The number of hydrogen-bond donors (Lipinski definition) is 2. The largest absolute Gasteiger partial charge is 0.354 e. The van der Waals surface area contributed by atoms with Crippen LogP contribution in [0.15, 0.2) is 18.7 Å². The van der Waals surface area contributed by atoms with Crippen LogP contribution in [0.3, 0.4) is 0 Å². The first-order chi connectivity index (χ1) is 10.2. The van der Waals surface area contributed by atoms with Crippen LogP contribution in [-0.2, 0) is 0 Å². The van der Waals surface area contributed by atoms with Gasteiger partial charge in [-0.3, -0.25) is 4.57 Å². The van der Waals surface area contributed by atoms with Crippen LogP contribution in [0, 0.1) is 5.41 Å². The number of imidazole rings is 1. The highest BCUT2D eigenvalue weighted by atomic mass is 15.3. The lowest BCUT2D eigenvalue weighted by molar-refractivity contribution is 0.179. The highest BCUT2D eigenvalue weighted by molar-refractivity contribution is 5.38. The summed E-state index contributed by atoms with van der Waals surface area (Å²) in [7, 11) is 0. The molecular formula is C14H21N7. The van der Waals surface area contributed by atoms with E-state index in [0.29, 0.717) is 23.3 Å². The molecule has 2 aromatic heterocycles. The molecule has 3 rings (SSSR count). The van der Waals surface area contributed by atoms with Crippen molar-refractivity contribution in [1.82, 2.24) is 24.5 Å². The van der Waals surface area contributed by atoms with Gasteiger partial charge < -0.3 is 10.6 Å². The van der Waals surface area contributed by atoms with E-state index in [1.807, 2.05) is 13.1 Å². The van der Waals surface area contributed by atoms with Crippen LogP contribution in [-0.4, -0.2) is 37.6 Å². The molecule has 2 aromatic rings. The molecule has 0 saturated heterocycles. The van der Waals surface area contributed by atoms with E-state index in [9.17, 15) is 0 Å². The van der Waals surface area contributed by atoms with Crippen molar-refractivity contribution in [1.29, 1.82) is 0 Å². The summed E-state index contributed by atoms with van der Waals surface area (Å²) < 4.78 is 1.78. The van der Waals surface area contributed by atoms with Crippen LogP contribution in [0.1, 0.15) is 33.1 Å². The third-order valence-electron chi connectivity index (χ3n) is 3.93. The van der Waals surface area contributed by atoms with Crippen LogP contribution in [0.2, 0.25) is 0 Å². The molecule has 7 heteroatoms. The summed E-state index contributed by atoms with van der Waals surface area (Å²) in [5.41, 5.74) is 0.375. The van der Waals surface area contributed by atoms with Gasteiger partial charge in [-0.1, -0.05) is 13.3 Å². The monoisotopic (exact) mass is 287 g/mol. The minimum Gasteiger partial charge on any atom is -0.354 e. The molecule has 112 valence electrons. The zero-order valence-corrected chi connectivity index (χ0v) is 12.5. The smallest absolute Gasteiger partial charge is 0.241 e. The fourth-order valence-corrected chi connectivity index (χ4v) is 2.42. The van der Waals surface area contributed by atoms with Crippen molar-refractivity contribution >= 4 is 11.9 Å².